The Labute approximate surface area is 99.0 Å². The summed E-state index contributed by atoms with van der Waals surface area (Å²) in [5.41, 5.74) is 8.50. The van der Waals surface area contributed by atoms with Gasteiger partial charge in [-0.1, -0.05) is 18.2 Å². The van der Waals surface area contributed by atoms with E-state index in [1.54, 1.807) is 13.0 Å². The fraction of sp³-hybridized carbons (Fsp3) is 0.167. The number of hydrogen-bond donors (Lipinski definition) is 3. The molecule has 0 spiro atoms. The standard InChI is InChI=1S/C12H14N4O/c1-7-5-3-4-6-9(7)12(17)14-11-10(13)8(2)15-16-11/h3-6H,13H2,1-2H3,(H2,14,15,16,17). The highest BCUT2D eigenvalue weighted by atomic mass is 16.1. The highest BCUT2D eigenvalue weighted by molar-refractivity contribution is 6.06. The minimum atomic E-state index is -0.207. The average Bonchev–Trinajstić information content (AvgIpc) is 2.61. The molecule has 1 heterocycles. The summed E-state index contributed by atoms with van der Waals surface area (Å²) < 4.78 is 0. The molecule has 0 fully saturated rings. The number of benzene rings is 1. The van der Waals surface area contributed by atoms with Gasteiger partial charge in [-0.2, -0.15) is 5.10 Å². The SMILES string of the molecule is Cc1ccccc1C(=O)Nc1n[nH]c(C)c1N. The Morgan fingerprint density at radius 3 is 2.65 bits per heavy atom. The van der Waals surface area contributed by atoms with Crippen LogP contribution >= 0.6 is 0 Å². The summed E-state index contributed by atoms with van der Waals surface area (Å²) in [7, 11) is 0. The zero-order valence-corrected chi connectivity index (χ0v) is 9.74. The Balaban J connectivity index is 2.23. The molecule has 5 heteroatoms. The second-order valence-electron chi connectivity index (χ2n) is 3.88. The summed E-state index contributed by atoms with van der Waals surface area (Å²) in [6.45, 7) is 3.68. The van der Waals surface area contributed by atoms with Crippen molar-refractivity contribution in [2.45, 2.75) is 13.8 Å². The van der Waals surface area contributed by atoms with Gasteiger partial charge in [0.1, 0.15) is 0 Å². The van der Waals surface area contributed by atoms with Crippen molar-refractivity contribution in [1.29, 1.82) is 0 Å². The number of aromatic nitrogens is 2. The number of anilines is 2. The van der Waals surface area contributed by atoms with Gasteiger partial charge in [-0.25, -0.2) is 0 Å². The molecule has 0 aliphatic rings. The number of nitrogen functional groups attached to an aromatic ring is 1. The lowest BCUT2D eigenvalue weighted by molar-refractivity contribution is 0.102. The maximum Gasteiger partial charge on any atom is 0.257 e. The summed E-state index contributed by atoms with van der Waals surface area (Å²) in [6, 6.07) is 7.36. The molecule has 0 atom stereocenters. The topological polar surface area (TPSA) is 83.8 Å². The van der Waals surface area contributed by atoms with Gasteiger partial charge in [-0.05, 0) is 25.5 Å². The van der Waals surface area contributed by atoms with Crippen LogP contribution < -0.4 is 11.1 Å². The van der Waals surface area contributed by atoms with E-state index in [2.05, 4.69) is 15.5 Å². The van der Waals surface area contributed by atoms with Crippen molar-refractivity contribution in [3.05, 3.63) is 41.1 Å². The van der Waals surface area contributed by atoms with Gasteiger partial charge in [0, 0.05) is 5.56 Å². The van der Waals surface area contributed by atoms with Crippen LogP contribution in [-0.4, -0.2) is 16.1 Å². The molecular formula is C12H14N4O. The summed E-state index contributed by atoms with van der Waals surface area (Å²) in [5, 5.41) is 9.33. The first-order valence-electron chi connectivity index (χ1n) is 5.27. The van der Waals surface area contributed by atoms with E-state index in [-0.39, 0.29) is 5.91 Å². The van der Waals surface area contributed by atoms with Crippen molar-refractivity contribution < 1.29 is 4.79 Å². The molecular weight excluding hydrogens is 216 g/mol. The lowest BCUT2D eigenvalue weighted by Crippen LogP contribution is -2.14. The molecule has 4 N–H and O–H groups in total. The number of aryl methyl sites for hydroxylation is 2. The van der Waals surface area contributed by atoms with Crippen molar-refractivity contribution in [3.8, 4) is 0 Å². The Morgan fingerprint density at radius 1 is 1.35 bits per heavy atom. The van der Waals surface area contributed by atoms with Crippen LogP contribution in [0.1, 0.15) is 21.6 Å². The number of carbonyl (C=O) groups excluding carboxylic acids is 1. The molecule has 1 aromatic carbocycles. The maximum absolute atomic E-state index is 12.0. The number of nitrogens with one attached hydrogen (secondary N) is 2. The third-order valence-corrected chi connectivity index (χ3v) is 2.62. The highest BCUT2D eigenvalue weighted by Gasteiger charge is 2.13. The van der Waals surface area contributed by atoms with Gasteiger partial charge in [-0.15, -0.1) is 0 Å². The number of H-pyrrole nitrogens is 1. The van der Waals surface area contributed by atoms with Gasteiger partial charge in [-0.3, -0.25) is 9.89 Å². The van der Waals surface area contributed by atoms with E-state index in [4.69, 9.17) is 5.73 Å². The van der Waals surface area contributed by atoms with E-state index < -0.39 is 0 Å². The fourth-order valence-corrected chi connectivity index (χ4v) is 1.54. The molecule has 88 valence electrons. The molecule has 0 unspecified atom stereocenters. The van der Waals surface area contributed by atoms with E-state index in [1.165, 1.54) is 0 Å². The minimum absolute atomic E-state index is 0.207. The van der Waals surface area contributed by atoms with Crippen molar-refractivity contribution in [1.82, 2.24) is 10.2 Å². The molecule has 0 aliphatic heterocycles. The second-order valence-corrected chi connectivity index (χ2v) is 3.88. The van der Waals surface area contributed by atoms with E-state index >= 15 is 0 Å². The highest BCUT2D eigenvalue weighted by Crippen LogP contribution is 2.19. The number of carbonyl (C=O) groups is 1. The first-order chi connectivity index (χ1) is 8.09. The number of nitrogens with zero attached hydrogens (tertiary/aromatic N) is 1. The first-order valence-corrected chi connectivity index (χ1v) is 5.27. The van der Waals surface area contributed by atoms with Gasteiger partial charge in [0.15, 0.2) is 5.82 Å². The average molecular weight is 230 g/mol. The van der Waals surface area contributed by atoms with Gasteiger partial charge in [0.2, 0.25) is 0 Å². The van der Waals surface area contributed by atoms with Crippen LogP contribution in [0, 0.1) is 13.8 Å². The van der Waals surface area contributed by atoms with Gasteiger partial charge >= 0.3 is 0 Å². The van der Waals surface area contributed by atoms with Gasteiger partial charge in [0.25, 0.3) is 5.91 Å². The Bertz CT molecular complexity index is 559. The Morgan fingerprint density at radius 2 is 2.06 bits per heavy atom. The second kappa shape index (κ2) is 4.29. The van der Waals surface area contributed by atoms with Crippen LogP contribution in [0.4, 0.5) is 11.5 Å². The summed E-state index contributed by atoms with van der Waals surface area (Å²) in [5.74, 6) is 0.164. The van der Waals surface area contributed by atoms with Crippen LogP contribution in [-0.2, 0) is 0 Å². The van der Waals surface area contributed by atoms with E-state index in [1.807, 2.05) is 25.1 Å². The molecule has 0 saturated heterocycles. The minimum Gasteiger partial charge on any atom is -0.394 e. The number of rotatable bonds is 2. The lowest BCUT2D eigenvalue weighted by atomic mass is 10.1. The predicted molar refractivity (Wildman–Crippen MR) is 66.9 cm³/mol. The van der Waals surface area contributed by atoms with E-state index in [9.17, 15) is 4.79 Å². The quantitative estimate of drug-likeness (QED) is 0.736. The fourth-order valence-electron chi connectivity index (χ4n) is 1.54. The monoisotopic (exact) mass is 230 g/mol. The Hall–Kier alpha value is -2.30. The number of hydrogen-bond acceptors (Lipinski definition) is 3. The van der Waals surface area contributed by atoms with Crippen LogP contribution in [0.5, 0.6) is 0 Å². The summed E-state index contributed by atoms with van der Waals surface area (Å²) in [6.07, 6.45) is 0. The van der Waals surface area contributed by atoms with Crippen LogP contribution in [0.2, 0.25) is 0 Å². The molecule has 2 rings (SSSR count). The van der Waals surface area contributed by atoms with E-state index in [0.29, 0.717) is 17.1 Å². The van der Waals surface area contributed by atoms with Crippen molar-refractivity contribution in [2.75, 3.05) is 11.1 Å². The summed E-state index contributed by atoms with van der Waals surface area (Å²) in [4.78, 5) is 12.0. The maximum atomic E-state index is 12.0. The summed E-state index contributed by atoms with van der Waals surface area (Å²) >= 11 is 0. The van der Waals surface area contributed by atoms with Gasteiger partial charge in [0.05, 0.1) is 11.4 Å². The number of aromatic amines is 1. The molecule has 0 saturated carbocycles. The molecule has 0 aliphatic carbocycles. The van der Waals surface area contributed by atoms with Crippen LogP contribution in [0.15, 0.2) is 24.3 Å². The van der Waals surface area contributed by atoms with Crippen LogP contribution in [0.3, 0.4) is 0 Å². The number of nitrogens with two attached hydrogens (primary N) is 1. The normalized spacial score (nSPS) is 10.2. The number of amides is 1. The van der Waals surface area contributed by atoms with E-state index in [0.717, 1.165) is 11.3 Å². The molecule has 1 amide bonds. The van der Waals surface area contributed by atoms with Gasteiger partial charge < -0.3 is 11.1 Å². The smallest absolute Gasteiger partial charge is 0.257 e. The molecule has 5 nitrogen and oxygen atoms in total. The molecule has 17 heavy (non-hydrogen) atoms. The predicted octanol–water partition coefficient (Wildman–Crippen LogP) is 1.86. The van der Waals surface area contributed by atoms with Crippen molar-refractivity contribution >= 4 is 17.4 Å². The zero-order valence-electron chi connectivity index (χ0n) is 9.74. The third kappa shape index (κ3) is 2.13. The largest absolute Gasteiger partial charge is 0.394 e. The lowest BCUT2D eigenvalue weighted by Gasteiger charge is -2.05. The third-order valence-electron chi connectivity index (χ3n) is 2.62. The first kappa shape index (κ1) is 11.2. The Kier molecular flexibility index (Phi) is 2.82. The molecule has 0 bridgehead atoms. The van der Waals surface area contributed by atoms with Crippen molar-refractivity contribution in [3.63, 3.8) is 0 Å². The zero-order chi connectivity index (χ0) is 12.4. The molecule has 1 aromatic heterocycles. The molecule has 0 radical (unpaired) electrons. The molecule has 2 aromatic rings. The van der Waals surface area contributed by atoms with Crippen molar-refractivity contribution in [2.24, 2.45) is 0 Å². The van der Waals surface area contributed by atoms with Crippen LogP contribution in [0.25, 0.3) is 0 Å².